The molecule has 0 atom stereocenters. The van der Waals surface area contributed by atoms with Crippen molar-refractivity contribution in [2.24, 2.45) is 5.92 Å². The molecule has 2 fully saturated rings. The zero-order valence-electron chi connectivity index (χ0n) is 12.4. The molecule has 0 radical (unpaired) electrons. The molecule has 0 spiro atoms. The van der Waals surface area contributed by atoms with E-state index in [-0.39, 0.29) is 0 Å². The Hall–Kier alpha value is -0.610. The van der Waals surface area contributed by atoms with Crippen molar-refractivity contribution in [2.45, 2.75) is 39.0 Å². The molecule has 0 aromatic rings. The van der Waals surface area contributed by atoms with Crippen molar-refractivity contribution in [3.8, 4) is 0 Å². The molecular weight excluding hydrogens is 238 g/mol. The standard InChI is InChI=1S/C15H29N3O/c1-2-17-10-12-18(13-11-17)9-5-8-16-15(19)14-6-3-4-7-14/h14H,2-13H2,1H3,(H,16,19). The third kappa shape index (κ3) is 4.77. The summed E-state index contributed by atoms with van der Waals surface area (Å²) >= 11 is 0. The number of carbonyl (C=O) groups excluding carboxylic acids is 1. The Labute approximate surface area is 117 Å². The van der Waals surface area contributed by atoms with Gasteiger partial charge in [0.2, 0.25) is 5.91 Å². The molecule has 1 aliphatic carbocycles. The van der Waals surface area contributed by atoms with Crippen LogP contribution >= 0.6 is 0 Å². The number of amides is 1. The summed E-state index contributed by atoms with van der Waals surface area (Å²) in [5.41, 5.74) is 0. The van der Waals surface area contributed by atoms with Gasteiger partial charge in [0, 0.05) is 38.6 Å². The minimum atomic E-state index is 0.299. The fraction of sp³-hybridized carbons (Fsp3) is 0.933. The van der Waals surface area contributed by atoms with Gasteiger partial charge in [-0.05, 0) is 32.4 Å². The molecule has 1 saturated heterocycles. The maximum Gasteiger partial charge on any atom is 0.223 e. The number of likely N-dealkylation sites (N-methyl/N-ethyl adjacent to an activating group) is 1. The Morgan fingerprint density at radius 1 is 1.11 bits per heavy atom. The molecule has 2 rings (SSSR count). The van der Waals surface area contributed by atoms with Crippen molar-refractivity contribution in [1.82, 2.24) is 15.1 Å². The van der Waals surface area contributed by atoms with Crippen molar-refractivity contribution in [1.29, 1.82) is 0 Å². The zero-order valence-corrected chi connectivity index (χ0v) is 12.4. The third-order valence-electron chi connectivity index (χ3n) is 4.59. The summed E-state index contributed by atoms with van der Waals surface area (Å²) in [6.07, 6.45) is 5.76. The lowest BCUT2D eigenvalue weighted by atomic mass is 10.1. The molecule has 0 aromatic carbocycles. The summed E-state index contributed by atoms with van der Waals surface area (Å²) in [7, 11) is 0. The van der Waals surface area contributed by atoms with Gasteiger partial charge in [-0.25, -0.2) is 0 Å². The smallest absolute Gasteiger partial charge is 0.223 e. The highest BCUT2D eigenvalue weighted by Gasteiger charge is 2.22. The van der Waals surface area contributed by atoms with Crippen LogP contribution in [0.3, 0.4) is 0 Å². The topological polar surface area (TPSA) is 35.6 Å². The first kappa shape index (κ1) is 14.8. The van der Waals surface area contributed by atoms with Gasteiger partial charge in [-0.15, -0.1) is 0 Å². The largest absolute Gasteiger partial charge is 0.356 e. The summed E-state index contributed by atoms with van der Waals surface area (Å²) in [5.74, 6) is 0.612. The molecule has 0 unspecified atom stereocenters. The minimum Gasteiger partial charge on any atom is -0.356 e. The van der Waals surface area contributed by atoms with Gasteiger partial charge in [-0.1, -0.05) is 19.8 Å². The Kier molecular flexibility index (Phi) is 6.11. The van der Waals surface area contributed by atoms with Gasteiger partial charge in [0.1, 0.15) is 0 Å². The van der Waals surface area contributed by atoms with E-state index in [0.29, 0.717) is 11.8 Å². The molecule has 4 nitrogen and oxygen atoms in total. The first-order valence-corrected chi connectivity index (χ1v) is 8.02. The van der Waals surface area contributed by atoms with E-state index in [1.54, 1.807) is 0 Å². The van der Waals surface area contributed by atoms with E-state index in [1.807, 2.05) is 0 Å². The van der Waals surface area contributed by atoms with Crippen LogP contribution in [0.15, 0.2) is 0 Å². The summed E-state index contributed by atoms with van der Waals surface area (Å²) in [5, 5.41) is 3.11. The van der Waals surface area contributed by atoms with Gasteiger partial charge in [0.25, 0.3) is 0 Å². The quantitative estimate of drug-likeness (QED) is 0.737. The average Bonchev–Trinajstić information content (AvgIpc) is 2.98. The zero-order chi connectivity index (χ0) is 13.5. The lowest BCUT2D eigenvalue weighted by Crippen LogP contribution is -2.46. The molecule has 4 heteroatoms. The van der Waals surface area contributed by atoms with Crippen LogP contribution in [-0.4, -0.2) is 61.5 Å². The monoisotopic (exact) mass is 267 g/mol. The van der Waals surface area contributed by atoms with E-state index in [2.05, 4.69) is 22.0 Å². The highest BCUT2D eigenvalue weighted by atomic mass is 16.1. The number of hydrogen-bond donors (Lipinski definition) is 1. The van der Waals surface area contributed by atoms with Crippen LogP contribution < -0.4 is 5.32 Å². The first-order chi connectivity index (χ1) is 9.29. The van der Waals surface area contributed by atoms with Gasteiger partial charge < -0.3 is 15.1 Å². The van der Waals surface area contributed by atoms with Gasteiger partial charge in [0.15, 0.2) is 0 Å². The van der Waals surface area contributed by atoms with E-state index in [4.69, 9.17) is 0 Å². The van der Waals surface area contributed by atoms with Crippen LogP contribution in [0.1, 0.15) is 39.0 Å². The number of nitrogens with zero attached hydrogens (tertiary/aromatic N) is 2. The van der Waals surface area contributed by atoms with E-state index in [0.717, 1.165) is 32.4 Å². The van der Waals surface area contributed by atoms with Crippen LogP contribution in [-0.2, 0) is 4.79 Å². The Balaban J connectivity index is 1.51. The molecule has 2 aliphatic rings. The molecule has 1 aliphatic heterocycles. The van der Waals surface area contributed by atoms with Gasteiger partial charge in [-0.3, -0.25) is 4.79 Å². The normalized spacial score (nSPS) is 22.8. The highest BCUT2D eigenvalue weighted by molar-refractivity contribution is 5.78. The minimum absolute atomic E-state index is 0.299. The summed E-state index contributed by atoms with van der Waals surface area (Å²) in [4.78, 5) is 16.9. The Bertz CT molecular complexity index is 269. The van der Waals surface area contributed by atoms with Crippen molar-refractivity contribution in [2.75, 3.05) is 45.8 Å². The summed E-state index contributed by atoms with van der Waals surface area (Å²) < 4.78 is 0. The second-order valence-electron chi connectivity index (χ2n) is 5.90. The van der Waals surface area contributed by atoms with Crippen LogP contribution in [0, 0.1) is 5.92 Å². The fourth-order valence-corrected chi connectivity index (χ4v) is 3.18. The predicted molar refractivity (Wildman–Crippen MR) is 78.1 cm³/mol. The van der Waals surface area contributed by atoms with Crippen molar-refractivity contribution in [3.63, 3.8) is 0 Å². The highest BCUT2D eigenvalue weighted by Crippen LogP contribution is 2.24. The molecule has 1 N–H and O–H groups in total. The predicted octanol–water partition coefficient (Wildman–Crippen LogP) is 1.32. The second-order valence-corrected chi connectivity index (χ2v) is 5.90. The lowest BCUT2D eigenvalue weighted by Gasteiger charge is -2.34. The van der Waals surface area contributed by atoms with Crippen LogP contribution in [0.25, 0.3) is 0 Å². The van der Waals surface area contributed by atoms with Crippen LogP contribution in [0.5, 0.6) is 0 Å². The number of nitrogens with one attached hydrogen (secondary N) is 1. The van der Waals surface area contributed by atoms with Crippen molar-refractivity contribution in [3.05, 3.63) is 0 Å². The van der Waals surface area contributed by atoms with Gasteiger partial charge in [-0.2, -0.15) is 0 Å². The van der Waals surface area contributed by atoms with Crippen LogP contribution in [0.4, 0.5) is 0 Å². The molecule has 1 amide bonds. The SMILES string of the molecule is CCN1CCN(CCCNC(=O)C2CCCC2)CC1. The Morgan fingerprint density at radius 2 is 1.74 bits per heavy atom. The summed E-state index contributed by atoms with van der Waals surface area (Å²) in [6, 6.07) is 0. The number of piperazine rings is 1. The van der Waals surface area contributed by atoms with E-state index >= 15 is 0 Å². The maximum atomic E-state index is 11.8. The molecule has 0 bridgehead atoms. The van der Waals surface area contributed by atoms with E-state index < -0.39 is 0 Å². The molecular formula is C15H29N3O. The van der Waals surface area contributed by atoms with E-state index in [9.17, 15) is 4.79 Å². The maximum absolute atomic E-state index is 11.8. The molecule has 19 heavy (non-hydrogen) atoms. The molecule has 110 valence electrons. The molecule has 0 aromatic heterocycles. The second kappa shape index (κ2) is 7.85. The number of carbonyl (C=O) groups is 1. The van der Waals surface area contributed by atoms with Gasteiger partial charge in [0.05, 0.1) is 0 Å². The third-order valence-corrected chi connectivity index (χ3v) is 4.59. The van der Waals surface area contributed by atoms with Crippen molar-refractivity contribution < 1.29 is 4.79 Å². The number of rotatable bonds is 6. The van der Waals surface area contributed by atoms with Crippen molar-refractivity contribution >= 4 is 5.91 Å². The average molecular weight is 267 g/mol. The summed E-state index contributed by atoms with van der Waals surface area (Å²) in [6.45, 7) is 10.1. The first-order valence-electron chi connectivity index (χ1n) is 8.02. The molecule has 1 heterocycles. The molecule has 1 saturated carbocycles. The lowest BCUT2D eigenvalue weighted by molar-refractivity contribution is -0.124. The fourth-order valence-electron chi connectivity index (χ4n) is 3.18. The van der Waals surface area contributed by atoms with Gasteiger partial charge >= 0.3 is 0 Å². The Morgan fingerprint density at radius 3 is 2.37 bits per heavy atom. The van der Waals surface area contributed by atoms with Crippen LogP contribution in [0.2, 0.25) is 0 Å². The van der Waals surface area contributed by atoms with E-state index in [1.165, 1.54) is 45.6 Å². The number of hydrogen-bond acceptors (Lipinski definition) is 3.